The lowest BCUT2D eigenvalue weighted by molar-refractivity contribution is -0.122. The molecule has 2 rings (SSSR count). The second-order valence-electron chi connectivity index (χ2n) is 4.58. The van der Waals surface area contributed by atoms with E-state index in [1.54, 1.807) is 0 Å². The summed E-state index contributed by atoms with van der Waals surface area (Å²) in [6.07, 6.45) is 2.19. The van der Waals surface area contributed by atoms with E-state index in [1.165, 1.54) is 0 Å². The Kier molecular flexibility index (Phi) is 4.56. The number of halogens is 1. The van der Waals surface area contributed by atoms with Crippen molar-refractivity contribution in [1.29, 1.82) is 0 Å². The Morgan fingerprint density at radius 1 is 1.56 bits per heavy atom. The molecule has 0 bridgehead atoms. The van der Waals surface area contributed by atoms with Crippen molar-refractivity contribution in [3.05, 3.63) is 15.9 Å². The van der Waals surface area contributed by atoms with Gasteiger partial charge in [0.2, 0.25) is 0 Å². The molecule has 1 atom stereocenters. The van der Waals surface area contributed by atoms with Crippen LogP contribution in [0.15, 0.2) is 4.47 Å². The fourth-order valence-corrected chi connectivity index (χ4v) is 2.99. The minimum atomic E-state index is 0.0715. The van der Waals surface area contributed by atoms with Gasteiger partial charge >= 0.3 is 0 Å². The first kappa shape index (κ1) is 13.7. The zero-order chi connectivity index (χ0) is 13.1. The average Bonchev–Trinajstić information content (AvgIpc) is 2.99. The lowest BCUT2D eigenvalue weighted by Gasteiger charge is -2.08. The molecule has 0 N–H and O–H groups in total. The third-order valence-electron chi connectivity index (χ3n) is 3.42. The predicted molar refractivity (Wildman–Crippen MR) is 72.6 cm³/mol. The SMILES string of the molecule is CCc1nn(CC)c(CC(=O)C2CCOC2)c1Br. The minimum Gasteiger partial charge on any atom is -0.381 e. The molecule has 2 heterocycles. The number of aromatic nitrogens is 2. The van der Waals surface area contributed by atoms with Crippen LogP contribution in [0, 0.1) is 5.92 Å². The first-order chi connectivity index (χ1) is 8.67. The molecule has 0 amide bonds. The summed E-state index contributed by atoms with van der Waals surface area (Å²) in [6.45, 7) is 6.21. The summed E-state index contributed by atoms with van der Waals surface area (Å²) in [6, 6.07) is 0. The molecule has 18 heavy (non-hydrogen) atoms. The first-order valence-electron chi connectivity index (χ1n) is 6.51. The number of ether oxygens (including phenoxy) is 1. The molecule has 5 heteroatoms. The molecule has 0 aromatic carbocycles. The molecule has 100 valence electrons. The lowest BCUT2D eigenvalue weighted by atomic mass is 9.99. The van der Waals surface area contributed by atoms with Crippen molar-refractivity contribution < 1.29 is 9.53 Å². The summed E-state index contributed by atoms with van der Waals surface area (Å²) in [4.78, 5) is 12.2. The van der Waals surface area contributed by atoms with E-state index in [-0.39, 0.29) is 11.7 Å². The molecule has 1 aliphatic rings. The largest absolute Gasteiger partial charge is 0.381 e. The van der Waals surface area contributed by atoms with E-state index >= 15 is 0 Å². The van der Waals surface area contributed by atoms with Gasteiger partial charge in [-0.05, 0) is 35.7 Å². The van der Waals surface area contributed by atoms with Crippen LogP contribution in [0.5, 0.6) is 0 Å². The van der Waals surface area contributed by atoms with E-state index in [2.05, 4.69) is 28.0 Å². The lowest BCUT2D eigenvalue weighted by Crippen LogP contribution is -2.19. The summed E-state index contributed by atoms with van der Waals surface area (Å²) in [7, 11) is 0. The maximum absolute atomic E-state index is 12.2. The van der Waals surface area contributed by atoms with Gasteiger partial charge in [-0.1, -0.05) is 6.92 Å². The van der Waals surface area contributed by atoms with Crippen molar-refractivity contribution in [2.75, 3.05) is 13.2 Å². The quantitative estimate of drug-likeness (QED) is 0.838. The van der Waals surface area contributed by atoms with E-state index in [0.717, 1.165) is 35.2 Å². The van der Waals surface area contributed by atoms with Crippen LogP contribution in [0.1, 0.15) is 31.7 Å². The van der Waals surface area contributed by atoms with Gasteiger partial charge in [0.05, 0.1) is 22.5 Å². The highest BCUT2D eigenvalue weighted by atomic mass is 79.9. The van der Waals surface area contributed by atoms with Crippen molar-refractivity contribution in [2.24, 2.45) is 5.92 Å². The number of hydrogen-bond acceptors (Lipinski definition) is 3. The highest BCUT2D eigenvalue weighted by molar-refractivity contribution is 9.10. The van der Waals surface area contributed by atoms with Gasteiger partial charge in [0.15, 0.2) is 0 Å². The third kappa shape index (κ3) is 2.67. The topological polar surface area (TPSA) is 44.1 Å². The Hall–Kier alpha value is -0.680. The second kappa shape index (κ2) is 5.97. The third-order valence-corrected chi connectivity index (χ3v) is 4.34. The Morgan fingerprint density at radius 2 is 2.33 bits per heavy atom. The van der Waals surface area contributed by atoms with Crippen LogP contribution in [0.3, 0.4) is 0 Å². The molecule has 1 fully saturated rings. The number of carbonyl (C=O) groups excluding carboxylic acids is 1. The number of aryl methyl sites for hydroxylation is 2. The number of hydrogen-bond donors (Lipinski definition) is 0. The Morgan fingerprint density at radius 3 is 2.89 bits per heavy atom. The van der Waals surface area contributed by atoms with Crippen LogP contribution >= 0.6 is 15.9 Å². The van der Waals surface area contributed by atoms with Gasteiger partial charge in [-0.3, -0.25) is 9.48 Å². The van der Waals surface area contributed by atoms with E-state index in [1.807, 2.05) is 11.6 Å². The second-order valence-corrected chi connectivity index (χ2v) is 5.37. The first-order valence-corrected chi connectivity index (χ1v) is 7.31. The van der Waals surface area contributed by atoms with Gasteiger partial charge in [0, 0.05) is 25.5 Å². The number of rotatable bonds is 5. The molecule has 1 aromatic heterocycles. The number of ketones is 1. The van der Waals surface area contributed by atoms with Gasteiger partial charge in [0.1, 0.15) is 5.78 Å². The van der Waals surface area contributed by atoms with Crippen molar-refractivity contribution in [3.8, 4) is 0 Å². The Bertz CT molecular complexity index is 436. The number of nitrogens with zero attached hydrogens (tertiary/aromatic N) is 2. The van der Waals surface area contributed by atoms with Crippen molar-refractivity contribution in [2.45, 2.75) is 39.7 Å². The highest BCUT2D eigenvalue weighted by Gasteiger charge is 2.26. The van der Waals surface area contributed by atoms with Crippen LogP contribution in [0.2, 0.25) is 0 Å². The van der Waals surface area contributed by atoms with E-state index in [4.69, 9.17) is 4.74 Å². The maximum Gasteiger partial charge on any atom is 0.144 e. The smallest absolute Gasteiger partial charge is 0.144 e. The summed E-state index contributed by atoms with van der Waals surface area (Å²) >= 11 is 3.57. The summed E-state index contributed by atoms with van der Waals surface area (Å²) in [5.74, 6) is 0.340. The molecule has 1 aromatic rings. The molecule has 0 saturated carbocycles. The summed E-state index contributed by atoms with van der Waals surface area (Å²) in [5, 5.41) is 4.51. The standard InChI is InChI=1S/C13H19BrN2O2/c1-3-10-13(14)11(16(4-2)15-10)7-12(17)9-5-6-18-8-9/h9H,3-8H2,1-2H3. The van der Waals surface area contributed by atoms with E-state index in [9.17, 15) is 4.79 Å². The molecule has 0 aliphatic carbocycles. The monoisotopic (exact) mass is 314 g/mol. The van der Waals surface area contributed by atoms with Crippen LogP contribution in [0.4, 0.5) is 0 Å². The van der Waals surface area contributed by atoms with Crippen LogP contribution in [-0.4, -0.2) is 28.8 Å². The zero-order valence-corrected chi connectivity index (χ0v) is 12.5. The van der Waals surface area contributed by atoms with Gasteiger partial charge in [-0.15, -0.1) is 0 Å². The molecule has 1 aliphatic heterocycles. The van der Waals surface area contributed by atoms with Gasteiger partial charge < -0.3 is 4.74 Å². The molecule has 1 saturated heterocycles. The minimum absolute atomic E-state index is 0.0715. The van der Waals surface area contributed by atoms with Gasteiger partial charge in [-0.2, -0.15) is 5.10 Å². The Labute approximate surface area is 116 Å². The van der Waals surface area contributed by atoms with Gasteiger partial charge in [-0.25, -0.2) is 0 Å². The average molecular weight is 315 g/mol. The van der Waals surface area contributed by atoms with Gasteiger partial charge in [0.25, 0.3) is 0 Å². The summed E-state index contributed by atoms with van der Waals surface area (Å²) < 4.78 is 8.20. The van der Waals surface area contributed by atoms with Crippen molar-refractivity contribution in [3.63, 3.8) is 0 Å². The molecular formula is C13H19BrN2O2. The predicted octanol–water partition coefficient (Wildman–Crippen LogP) is 2.38. The number of Topliss-reactive ketones (excluding diaryl/α,β-unsaturated/α-hetero) is 1. The van der Waals surface area contributed by atoms with E-state index < -0.39 is 0 Å². The van der Waals surface area contributed by atoms with Crippen molar-refractivity contribution in [1.82, 2.24) is 9.78 Å². The molecule has 1 unspecified atom stereocenters. The fraction of sp³-hybridized carbons (Fsp3) is 0.692. The van der Waals surface area contributed by atoms with E-state index in [0.29, 0.717) is 19.6 Å². The van der Waals surface area contributed by atoms with Crippen LogP contribution in [-0.2, 0) is 28.9 Å². The van der Waals surface area contributed by atoms with Crippen molar-refractivity contribution >= 4 is 21.7 Å². The number of carbonyl (C=O) groups is 1. The zero-order valence-electron chi connectivity index (χ0n) is 10.9. The maximum atomic E-state index is 12.2. The molecule has 4 nitrogen and oxygen atoms in total. The molecule has 0 spiro atoms. The fourth-order valence-electron chi connectivity index (χ4n) is 2.28. The molecular weight excluding hydrogens is 296 g/mol. The van der Waals surface area contributed by atoms with Crippen LogP contribution < -0.4 is 0 Å². The molecule has 0 radical (unpaired) electrons. The van der Waals surface area contributed by atoms with Crippen LogP contribution in [0.25, 0.3) is 0 Å². The summed E-state index contributed by atoms with van der Waals surface area (Å²) in [5.41, 5.74) is 2.04. The Balaban J connectivity index is 2.16. The normalized spacial score (nSPS) is 19.4. The highest BCUT2D eigenvalue weighted by Crippen LogP contribution is 2.25.